The molecule has 41 heavy (non-hydrogen) atoms. The van der Waals surface area contributed by atoms with E-state index in [2.05, 4.69) is 32.5 Å². The summed E-state index contributed by atoms with van der Waals surface area (Å²) in [6.45, 7) is 4.22. The molecule has 1 fully saturated rings. The SMILES string of the molecule is C=CC(=O)Nc1cccc(Nc2nc(Nc3ccc(C4CCN(S(C)(=O)=O)CC4)cc3OC)ncc2C(F)(F)F)c1. The van der Waals surface area contributed by atoms with Gasteiger partial charge in [-0.2, -0.15) is 18.2 Å². The number of alkyl halides is 3. The third-order valence-corrected chi connectivity index (χ3v) is 7.84. The van der Waals surface area contributed by atoms with Crippen molar-refractivity contribution >= 4 is 44.8 Å². The highest BCUT2D eigenvalue weighted by Gasteiger charge is 2.35. The Labute approximate surface area is 235 Å². The summed E-state index contributed by atoms with van der Waals surface area (Å²) in [7, 11) is -1.77. The Bertz CT molecular complexity index is 1540. The van der Waals surface area contributed by atoms with Crippen LogP contribution in [0.2, 0.25) is 0 Å². The number of aromatic nitrogens is 2. The Morgan fingerprint density at radius 3 is 2.46 bits per heavy atom. The molecule has 10 nitrogen and oxygen atoms in total. The smallest absolute Gasteiger partial charge is 0.421 e. The Hall–Kier alpha value is -4.17. The molecule has 1 aliphatic heterocycles. The fraction of sp³-hybridized carbons (Fsp3) is 0.296. The molecule has 0 radical (unpaired) electrons. The minimum absolute atomic E-state index is 0.107. The lowest BCUT2D eigenvalue weighted by Crippen LogP contribution is -2.37. The zero-order valence-corrected chi connectivity index (χ0v) is 23.1. The molecule has 218 valence electrons. The molecule has 0 bridgehead atoms. The van der Waals surface area contributed by atoms with E-state index in [0.717, 1.165) is 11.6 Å². The first kappa shape index (κ1) is 29.8. The number of rotatable bonds is 9. The maximum Gasteiger partial charge on any atom is 0.421 e. The number of sulfonamides is 1. The summed E-state index contributed by atoms with van der Waals surface area (Å²) in [5, 5.41) is 8.13. The van der Waals surface area contributed by atoms with E-state index in [-0.39, 0.29) is 17.6 Å². The normalized spacial score (nSPS) is 14.8. The fourth-order valence-corrected chi connectivity index (χ4v) is 5.33. The van der Waals surface area contributed by atoms with E-state index in [9.17, 15) is 26.4 Å². The van der Waals surface area contributed by atoms with Gasteiger partial charge in [0.1, 0.15) is 17.1 Å². The van der Waals surface area contributed by atoms with E-state index < -0.39 is 33.5 Å². The van der Waals surface area contributed by atoms with E-state index >= 15 is 0 Å². The van der Waals surface area contributed by atoms with Crippen LogP contribution in [0, 0.1) is 0 Å². The number of hydrogen-bond acceptors (Lipinski definition) is 8. The number of amides is 1. The molecule has 1 saturated heterocycles. The average Bonchev–Trinajstić information content (AvgIpc) is 2.92. The number of methoxy groups -OCH3 is 1. The summed E-state index contributed by atoms with van der Waals surface area (Å²) in [4.78, 5) is 19.5. The van der Waals surface area contributed by atoms with Gasteiger partial charge in [-0.05, 0) is 60.7 Å². The van der Waals surface area contributed by atoms with Crippen molar-refractivity contribution in [3.05, 3.63) is 72.4 Å². The average molecular weight is 591 g/mol. The summed E-state index contributed by atoms with van der Waals surface area (Å²) < 4.78 is 71.9. The number of piperidine rings is 1. The summed E-state index contributed by atoms with van der Waals surface area (Å²) in [6.07, 6.45) is -0.482. The van der Waals surface area contributed by atoms with Crippen LogP contribution in [0.1, 0.15) is 29.9 Å². The Morgan fingerprint density at radius 1 is 1.12 bits per heavy atom. The monoisotopic (exact) mass is 590 g/mol. The lowest BCUT2D eigenvalue weighted by molar-refractivity contribution is -0.137. The molecule has 2 aromatic carbocycles. The zero-order valence-electron chi connectivity index (χ0n) is 22.3. The zero-order chi connectivity index (χ0) is 29.8. The van der Waals surface area contributed by atoms with Crippen molar-refractivity contribution in [2.45, 2.75) is 24.9 Å². The molecule has 0 aliphatic carbocycles. The minimum Gasteiger partial charge on any atom is -0.495 e. The summed E-state index contributed by atoms with van der Waals surface area (Å²) in [6, 6.07) is 11.5. The Kier molecular flexibility index (Phi) is 8.83. The quantitative estimate of drug-likeness (QED) is 0.289. The highest BCUT2D eigenvalue weighted by atomic mass is 32.2. The number of carbonyl (C=O) groups excluding carboxylic acids is 1. The van der Waals surface area contributed by atoms with Gasteiger partial charge in [0, 0.05) is 30.7 Å². The van der Waals surface area contributed by atoms with Crippen LogP contribution in [-0.2, 0) is 21.0 Å². The number of benzene rings is 2. The third-order valence-electron chi connectivity index (χ3n) is 6.54. The standard InChI is InChI=1S/C27H29F3N6O4S/c1-4-24(37)32-19-6-5-7-20(15-19)33-25-21(27(28,29)30)16-31-26(35-25)34-22-9-8-18(14-23(22)40-2)17-10-12-36(13-11-17)41(3,38)39/h4-9,14-17H,1,10-13H2,2-3H3,(H,32,37)(H2,31,33,34,35). The lowest BCUT2D eigenvalue weighted by atomic mass is 9.90. The van der Waals surface area contributed by atoms with Gasteiger partial charge in [-0.25, -0.2) is 17.7 Å². The molecule has 4 rings (SSSR count). The number of hydrogen-bond donors (Lipinski definition) is 3. The molecule has 1 amide bonds. The van der Waals surface area contributed by atoms with Crippen molar-refractivity contribution < 1.29 is 31.1 Å². The van der Waals surface area contributed by atoms with Gasteiger partial charge in [0.15, 0.2) is 0 Å². The number of anilines is 5. The minimum atomic E-state index is -4.73. The van der Waals surface area contributed by atoms with Crippen LogP contribution in [0.25, 0.3) is 0 Å². The van der Waals surface area contributed by atoms with Crippen LogP contribution in [0.4, 0.5) is 42.0 Å². The van der Waals surface area contributed by atoms with Crippen molar-refractivity contribution in [1.82, 2.24) is 14.3 Å². The van der Waals surface area contributed by atoms with Crippen LogP contribution >= 0.6 is 0 Å². The van der Waals surface area contributed by atoms with Crippen LogP contribution in [0.5, 0.6) is 5.75 Å². The maximum absolute atomic E-state index is 13.8. The first-order valence-corrected chi connectivity index (χ1v) is 14.4. The van der Waals surface area contributed by atoms with Crippen molar-refractivity contribution in [2.75, 3.05) is 42.4 Å². The Morgan fingerprint density at radius 2 is 1.83 bits per heavy atom. The molecule has 0 unspecified atom stereocenters. The van der Waals surface area contributed by atoms with Gasteiger partial charge < -0.3 is 20.7 Å². The molecular formula is C27H29F3N6O4S. The van der Waals surface area contributed by atoms with Gasteiger partial charge in [-0.15, -0.1) is 0 Å². The second-order valence-corrected chi connectivity index (χ2v) is 11.4. The summed E-state index contributed by atoms with van der Waals surface area (Å²) >= 11 is 0. The summed E-state index contributed by atoms with van der Waals surface area (Å²) in [5.74, 6) is -0.511. The van der Waals surface area contributed by atoms with E-state index in [1.165, 1.54) is 29.8 Å². The van der Waals surface area contributed by atoms with E-state index in [1.54, 1.807) is 18.2 Å². The van der Waals surface area contributed by atoms with Gasteiger partial charge in [-0.1, -0.05) is 18.7 Å². The van der Waals surface area contributed by atoms with Gasteiger partial charge in [-0.3, -0.25) is 4.79 Å². The Balaban J connectivity index is 1.57. The number of nitrogens with one attached hydrogen (secondary N) is 3. The van der Waals surface area contributed by atoms with Crippen LogP contribution in [0.15, 0.2) is 61.3 Å². The molecule has 2 heterocycles. The second-order valence-electron chi connectivity index (χ2n) is 9.37. The third kappa shape index (κ3) is 7.52. The number of ether oxygens (including phenoxy) is 1. The van der Waals surface area contributed by atoms with E-state index in [0.29, 0.717) is 49.3 Å². The van der Waals surface area contributed by atoms with Crippen LogP contribution in [0.3, 0.4) is 0 Å². The summed E-state index contributed by atoms with van der Waals surface area (Å²) in [5.41, 5.74) is 0.925. The van der Waals surface area contributed by atoms with Crippen molar-refractivity contribution in [1.29, 1.82) is 0 Å². The second kappa shape index (κ2) is 12.1. The van der Waals surface area contributed by atoms with Crippen LogP contribution in [-0.4, -0.2) is 55.1 Å². The van der Waals surface area contributed by atoms with Crippen molar-refractivity contribution in [3.8, 4) is 5.75 Å². The largest absolute Gasteiger partial charge is 0.495 e. The van der Waals surface area contributed by atoms with Gasteiger partial charge in [0.2, 0.25) is 21.9 Å². The predicted molar refractivity (Wildman–Crippen MR) is 150 cm³/mol. The van der Waals surface area contributed by atoms with E-state index in [4.69, 9.17) is 4.74 Å². The maximum atomic E-state index is 13.8. The molecule has 0 saturated carbocycles. The van der Waals surface area contributed by atoms with Crippen molar-refractivity contribution in [2.24, 2.45) is 0 Å². The number of halogens is 3. The molecular weight excluding hydrogens is 561 g/mol. The fourth-order valence-electron chi connectivity index (χ4n) is 4.46. The van der Waals surface area contributed by atoms with Gasteiger partial charge in [0.05, 0.1) is 19.1 Å². The molecule has 14 heteroatoms. The molecule has 0 atom stereocenters. The number of nitrogens with zero attached hydrogens (tertiary/aromatic N) is 3. The molecule has 1 aromatic heterocycles. The molecule has 3 aromatic rings. The topological polar surface area (TPSA) is 126 Å². The van der Waals surface area contributed by atoms with Gasteiger partial charge >= 0.3 is 6.18 Å². The number of carbonyl (C=O) groups is 1. The molecule has 1 aliphatic rings. The molecule has 3 N–H and O–H groups in total. The van der Waals surface area contributed by atoms with Crippen molar-refractivity contribution in [3.63, 3.8) is 0 Å². The van der Waals surface area contributed by atoms with Gasteiger partial charge in [0.25, 0.3) is 0 Å². The highest BCUT2D eigenvalue weighted by molar-refractivity contribution is 7.88. The predicted octanol–water partition coefficient (Wildman–Crippen LogP) is 5.25. The lowest BCUT2D eigenvalue weighted by Gasteiger charge is -2.30. The van der Waals surface area contributed by atoms with E-state index in [1.807, 2.05) is 12.1 Å². The molecule has 0 spiro atoms. The van der Waals surface area contributed by atoms with Crippen LogP contribution < -0.4 is 20.7 Å². The first-order chi connectivity index (χ1) is 19.4. The highest BCUT2D eigenvalue weighted by Crippen LogP contribution is 2.38. The first-order valence-electron chi connectivity index (χ1n) is 12.5.